The van der Waals surface area contributed by atoms with Gasteiger partial charge >= 0.3 is 13.5 Å². The van der Waals surface area contributed by atoms with E-state index in [1.807, 2.05) is 0 Å². The summed E-state index contributed by atoms with van der Waals surface area (Å²) in [5.41, 5.74) is 9.82. The van der Waals surface area contributed by atoms with E-state index in [0.717, 1.165) is 10.9 Å². The third-order valence-corrected chi connectivity index (χ3v) is 7.06. The number of nitrogens with zero attached hydrogens (tertiary/aromatic N) is 6. The highest BCUT2D eigenvalue weighted by atomic mass is 31.2. The first kappa shape index (κ1) is 26.3. The largest absolute Gasteiger partial charge is 0.472 e. The van der Waals surface area contributed by atoms with Crippen LogP contribution in [-0.4, -0.2) is 86.8 Å². The van der Waals surface area contributed by atoms with Gasteiger partial charge in [-0.3, -0.25) is 28.0 Å². The molecule has 0 amide bonds. The van der Waals surface area contributed by atoms with Crippen molar-refractivity contribution in [2.45, 2.75) is 49.7 Å². The number of H-pyrrole nitrogens is 1. The highest BCUT2D eigenvalue weighted by Gasteiger charge is 2.43. The molecule has 3 unspecified atom stereocenters. The topological polar surface area (TPSA) is 278 Å². The van der Waals surface area contributed by atoms with E-state index in [1.54, 1.807) is 0 Å². The molecule has 0 spiro atoms. The minimum absolute atomic E-state index is 0.0218. The Kier molecular flexibility index (Phi) is 7.01. The number of hydrogen-bond donors (Lipinski definition) is 6. The first-order valence-electron chi connectivity index (χ1n) is 11.2. The number of hydrogen-bond acceptors (Lipinski definition) is 15. The molecule has 5 rings (SSSR count). The fourth-order valence-corrected chi connectivity index (χ4v) is 5.22. The van der Waals surface area contributed by atoms with Gasteiger partial charge in [0.1, 0.15) is 37.1 Å². The molecular weight excluding hydrogens is 533 g/mol. The van der Waals surface area contributed by atoms with Gasteiger partial charge in [-0.1, -0.05) is 0 Å². The molecule has 2 saturated heterocycles. The second-order valence-electron chi connectivity index (χ2n) is 8.57. The molecular formula is C18H24N9O10P. The van der Waals surface area contributed by atoms with Gasteiger partial charge in [-0.2, -0.15) is 9.97 Å². The monoisotopic (exact) mass is 557 g/mol. The summed E-state index contributed by atoms with van der Waals surface area (Å²) in [4.78, 5) is 51.9. The summed E-state index contributed by atoms with van der Waals surface area (Å²) in [6, 6.07) is 0. The van der Waals surface area contributed by atoms with Crippen molar-refractivity contribution in [2.24, 2.45) is 0 Å². The van der Waals surface area contributed by atoms with Gasteiger partial charge in [0, 0.05) is 12.8 Å². The highest BCUT2D eigenvalue weighted by Crippen LogP contribution is 2.49. The third-order valence-electron chi connectivity index (χ3n) is 6.05. The molecule has 38 heavy (non-hydrogen) atoms. The average molecular weight is 557 g/mol. The molecule has 0 saturated carbocycles. The molecule has 0 aromatic carbocycles. The molecule has 3 aromatic rings. The number of anilines is 2. The Morgan fingerprint density at radius 3 is 2.55 bits per heavy atom. The zero-order valence-electron chi connectivity index (χ0n) is 19.4. The maximum atomic E-state index is 12.7. The van der Waals surface area contributed by atoms with E-state index in [9.17, 15) is 29.3 Å². The van der Waals surface area contributed by atoms with Gasteiger partial charge in [-0.25, -0.2) is 19.3 Å². The minimum atomic E-state index is -4.76. The smallest absolute Gasteiger partial charge is 0.394 e. The number of rotatable bonds is 8. The number of aromatic amines is 1. The Balaban J connectivity index is 1.22. The number of nitrogens with one attached hydrogen (secondary N) is 1. The maximum absolute atomic E-state index is 12.7. The van der Waals surface area contributed by atoms with Crippen molar-refractivity contribution in [1.29, 1.82) is 0 Å². The minimum Gasteiger partial charge on any atom is -0.394 e. The van der Waals surface area contributed by atoms with Crippen LogP contribution in [0.4, 0.5) is 11.9 Å². The quantitative estimate of drug-likeness (QED) is 0.154. The summed E-state index contributed by atoms with van der Waals surface area (Å²) >= 11 is 0. The number of nitrogen functional groups attached to an aromatic ring is 2. The van der Waals surface area contributed by atoms with Crippen LogP contribution < -0.4 is 22.7 Å². The van der Waals surface area contributed by atoms with Crippen molar-refractivity contribution in [1.82, 2.24) is 34.1 Å². The van der Waals surface area contributed by atoms with Crippen LogP contribution in [0, 0.1) is 0 Å². The molecule has 2 aliphatic rings. The number of aliphatic hydroxyl groups excluding tert-OH is 2. The number of ether oxygens (including phenoxy) is 2. The zero-order valence-corrected chi connectivity index (χ0v) is 20.3. The molecule has 2 fully saturated rings. The second-order valence-corrected chi connectivity index (χ2v) is 9.97. The lowest BCUT2D eigenvalue weighted by atomic mass is 10.2. The van der Waals surface area contributed by atoms with Crippen LogP contribution in [0.25, 0.3) is 11.2 Å². The molecule has 7 atom stereocenters. The van der Waals surface area contributed by atoms with Crippen molar-refractivity contribution in [3.63, 3.8) is 0 Å². The molecule has 0 bridgehead atoms. The number of nitrogens with two attached hydrogens (primary N) is 2. The zero-order chi connectivity index (χ0) is 27.2. The molecule has 206 valence electrons. The molecule has 20 heteroatoms. The lowest BCUT2D eigenvalue weighted by molar-refractivity contribution is -0.0565. The van der Waals surface area contributed by atoms with Gasteiger partial charge in [0.15, 0.2) is 11.2 Å². The predicted molar refractivity (Wildman–Crippen MR) is 124 cm³/mol. The van der Waals surface area contributed by atoms with Crippen molar-refractivity contribution >= 4 is 30.9 Å². The Morgan fingerprint density at radius 2 is 1.82 bits per heavy atom. The van der Waals surface area contributed by atoms with Crippen molar-refractivity contribution < 1.29 is 38.2 Å². The highest BCUT2D eigenvalue weighted by molar-refractivity contribution is 7.47. The standard InChI is InChI=1S/C18H24N9O10P/c19-16-22-6-27(18(31)25-16)12-2-8(9(3-28)35-12)37-38(32,33)34-4-10-7(29)1-11(36-10)26-5-21-13-14(26)23-17(20)24-15(13)30/h5-12,28-29H,1-4H2,(H,32,33)(H2,19,25,31)(H3,20,23,24,30)/t7-,8-,9?,10?,11-,12+/m1/s1. The molecule has 0 aliphatic carbocycles. The fourth-order valence-electron chi connectivity index (χ4n) is 4.26. The van der Waals surface area contributed by atoms with E-state index in [2.05, 4.69) is 24.9 Å². The normalized spacial score (nSPS) is 29.1. The molecule has 5 heterocycles. The summed E-state index contributed by atoms with van der Waals surface area (Å²) in [5.74, 6) is -0.369. The molecule has 19 nitrogen and oxygen atoms in total. The summed E-state index contributed by atoms with van der Waals surface area (Å²) in [6.45, 7) is -1.13. The van der Waals surface area contributed by atoms with Crippen LogP contribution in [0.15, 0.2) is 22.2 Å². The van der Waals surface area contributed by atoms with E-state index in [4.69, 9.17) is 30.0 Å². The number of phosphoric acid groups is 1. The van der Waals surface area contributed by atoms with Crippen LogP contribution in [-0.2, 0) is 23.1 Å². The summed E-state index contributed by atoms with van der Waals surface area (Å²) in [6.07, 6.45) is -3.86. The van der Waals surface area contributed by atoms with Gasteiger partial charge in [-0.15, -0.1) is 0 Å². The predicted octanol–water partition coefficient (Wildman–Crippen LogP) is -2.63. The number of aromatic nitrogens is 7. The average Bonchev–Trinajstić information content (AvgIpc) is 3.54. The number of phosphoric ester groups is 1. The van der Waals surface area contributed by atoms with E-state index >= 15 is 0 Å². The summed E-state index contributed by atoms with van der Waals surface area (Å²) in [5, 5.41) is 20.1. The van der Waals surface area contributed by atoms with Gasteiger partial charge < -0.3 is 36.0 Å². The molecule has 8 N–H and O–H groups in total. The molecule has 2 aliphatic heterocycles. The van der Waals surface area contributed by atoms with Crippen LogP contribution in [0.2, 0.25) is 0 Å². The lowest BCUT2D eigenvalue weighted by Crippen LogP contribution is -2.29. The summed E-state index contributed by atoms with van der Waals surface area (Å²) in [7, 11) is -4.76. The van der Waals surface area contributed by atoms with Gasteiger partial charge in [0.25, 0.3) is 5.56 Å². The lowest BCUT2D eigenvalue weighted by Gasteiger charge is -2.21. The Hall–Kier alpha value is -3.29. The molecule has 3 aromatic heterocycles. The first-order chi connectivity index (χ1) is 18.0. The Labute approximate surface area is 211 Å². The number of aliphatic hydroxyl groups is 2. The van der Waals surface area contributed by atoms with E-state index in [0.29, 0.717) is 0 Å². The maximum Gasteiger partial charge on any atom is 0.472 e. The van der Waals surface area contributed by atoms with Crippen molar-refractivity contribution in [2.75, 3.05) is 24.7 Å². The summed E-state index contributed by atoms with van der Waals surface area (Å²) < 4.78 is 36.6. The van der Waals surface area contributed by atoms with Gasteiger partial charge in [-0.05, 0) is 0 Å². The Morgan fingerprint density at radius 1 is 1.11 bits per heavy atom. The second kappa shape index (κ2) is 10.1. The van der Waals surface area contributed by atoms with Crippen LogP contribution in [0.3, 0.4) is 0 Å². The van der Waals surface area contributed by atoms with E-state index < -0.39 is 69.2 Å². The van der Waals surface area contributed by atoms with Gasteiger partial charge in [0.05, 0.1) is 25.6 Å². The van der Waals surface area contributed by atoms with Crippen molar-refractivity contribution in [3.8, 4) is 0 Å². The Bertz CT molecular complexity index is 1490. The number of fused-ring (bicyclic) bond motifs is 1. The first-order valence-corrected chi connectivity index (χ1v) is 12.7. The van der Waals surface area contributed by atoms with Gasteiger partial charge in [0.2, 0.25) is 11.9 Å². The van der Waals surface area contributed by atoms with E-state index in [1.165, 1.54) is 10.9 Å². The third kappa shape index (κ3) is 5.18. The van der Waals surface area contributed by atoms with Crippen molar-refractivity contribution in [3.05, 3.63) is 33.5 Å². The van der Waals surface area contributed by atoms with Crippen LogP contribution >= 0.6 is 7.82 Å². The molecule has 0 radical (unpaired) electrons. The van der Waals surface area contributed by atoms with Crippen LogP contribution in [0.1, 0.15) is 25.3 Å². The SMILES string of the molecule is Nc1ncn([C@@H]2C[C@@H](OP(=O)(O)OCC3O[C@@H](n4cnc5c(=O)[nH]c(N)nc54)C[C@H]3O)C(CO)O2)c(=O)n1. The fraction of sp³-hybridized carbons (Fsp3) is 0.556. The van der Waals surface area contributed by atoms with E-state index in [-0.39, 0.29) is 35.9 Å². The number of imidazole rings is 1. The van der Waals surface area contributed by atoms with Crippen LogP contribution in [0.5, 0.6) is 0 Å².